The molecular weight excluding hydrogens is 557 g/mol. The van der Waals surface area contributed by atoms with Gasteiger partial charge in [-0.1, -0.05) is 42.5 Å². The van der Waals surface area contributed by atoms with Crippen molar-refractivity contribution < 1.29 is 22.8 Å². The molecule has 0 saturated heterocycles. The molecule has 0 bridgehead atoms. The van der Waals surface area contributed by atoms with Crippen molar-refractivity contribution in [2.24, 2.45) is 0 Å². The van der Waals surface area contributed by atoms with Crippen LogP contribution < -0.4 is 10.6 Å². The maximum atomic E-state index is 14.1. The Labute approximate surface area is 244 Å². The number of aromatic nitrogens is 4. The van der Waals surface area contributed by atoms with Gasteiger partial charge >= 0.3 is 6.18 Å². The molecule has 43 heavy (non-hydrogen) atoms. The van der Waals surface area contributed by atoms with Crippen LogP contribution in [0.15, 0.2) is 66.9 Å². The largest absolute Gasteiger partial charge is 0.401 e. The minimum absolute atomic E-state index is 0.0170. The predicted molar refractivity (Wildman–Crippen MR) is 149 cm³/mol. The molecule has 2 aliphatic carbocycles. The standard InChI is InChI=1S/C32H27F3N6O2/c33-32(34,35)31(10-11-31)28-40-39-26-24(14-22(17-41(26)28)18-5-2-1-3-6-18)37-27(42)19-8-9-20-15-30(16-21(20)13-19)23-7-4-12-36-25(23)38-29(30)43/h1-9,12-13,22,24H,10-11,14-17H2,(H,37,42)(H,36,38,43)/t22-,24+,30-/m1/s1. The fourth-order valence-electron chi connectivity index (χ4n) is 7.29. The number of nitrogens with zero attached hydrogens (tertiary/aromatic N) is 4. The molecule has 2 N–H and O–H groups in total. The molecule has 2 aliphatic heterocycles. The van der Waals surface area contributed by atoms with Gasteiger partial charge < -0.3 is 15.2 Å². The summed E-state index contributed by atoms with van der Waals surface area (Å²) in [7, 11) is 0. The first-order valence-electron chi connectivity index (χ1n) is 14.4. The van der Waals surface area contributed by atoms with E-state index in [1.807, 2.05) is 54.6 Å². The molecular formula is C32H27F3N6O2. The third-order valence-corrected chi connectivity index (χ3v) is 9.75. The zero-order valence-electron chi connectivity index (χ0n) is 23.0. The van der Waals surface area contributed by atoms with Crippen LogP contribution in [-0.2, 0) is 35.0 Å². The molecule has 218 valence electrons. The first kappa shape index (κ1) is 26.1. The lowest BCUT2D eigenvalue weighted by Crippen LogP contribution is -2.38. The Kier molecular flexibility index (Phi) is 5.45. The number of fused-ring (bicyclic) bond motifs is 4. The van der Waals surface area contributed by atoms with Gasteiger partial charge in [0.1, 0.15) is 17.1 Å². The third-order valence-electron chi connectivity index (χ3n) is 9.75. The number of benzene rings is 2. The van der Waals surface area contributed by atoms with Crippen molar-refractivity contribution in [1.29, 1.82) is 0 Å². The molecule has 1 spiro atoms. The summed E-state index contributed by atoms with van der Waals surface area (Å²) in [4.78, 5) is 31.1. The van der Waals surface area contributed by atoms with Crippen LogP contribution in [0.2, 0.25) is 0 Å². The Morgan fingerprint density at radius 1 is 1.00 bits per heavy atom. The summed E-state index contributed by atoms with van der Waals surface area (Å²) in [6.07, 6.45) is -1.37. The van der Waals surface area contributed by atoms with E-state index in [1.54, 1.807) is 16.8 Å². The van der Waals surface area contributed by atoms with Gasteiger partial charge in [0, 0.05) is 29.8 Å². The predicted octanol–water partition coefficient (Wildman–Crippen LogP) is 4.91. The average Bonchev–Trinajstić information content (AvgIpc) is 3.45. The van der Waals surface area contributed by atoms with Gasteiger partial charge in [0.25, 0.3) is 5.91 Å². The number of amides is 2. The van der Waals surface area contributed by atoms with Gasteiger partial charge in [-0.2, -0.15) is 13.2 Å². The molecule has 8 rings (SSSR count). The topological polar surface area (TPSA) is 102 Å². The second-order valence-electron chi connectivity index (χ2n) is 12.2. The van der Waals surface area contributed by atoms with Crippen LogP contribution in [0.5, 0.6) is 0 Å². The summed E-state index contributed by atoms with van der Waals surface area (Å²) in [5.74, 6) is 0.270. The van der Waals surface area contributed by atoms with Crippen LogP contribution in [0.4, 0.5) is 19.0 Å². The third kappa shape index (κ3) is 3.86. The fraction of sp³-hybridized carbons (Fsp3) is 0.344. The molecule has 8 nitrogen and oxygen atoms in total. The highest BCUT2D eigenvalue weighted by Gasteiger charge is 2.67. The van der Waals surface area contributed by atoms with Gasteiger partial charge in [-0.15, -0.1) is 10.2 Å². The Balaban J connectivity index is 1.10. The number of halogens is 3. The van der Waals surface area contributed by atoms with E-state index in [4.69, 9.17) is 0 Å². The maximum Gasteiger partial charge on any atom is 0.401 e. The monoisotopic (exact) mass is 584 g/mol. The minimum atomic E-state index is -4.43. The summed E-state index contributed by atoms with van der Waals surface area (Å²) < 4.78 is 44.0. The molecule has 1 fully saturated rings. The Bertz CT molecular complexity index is 1800. The van der Waals surface area contributed by atoms with Gasteiger partial charge in [-0.3, -0.25) is 9.59 Å². The Morgan fingerprint density at radius 2 is 1.79 bits per heavy atom. The summed E-state index contributed by atoms with van der Waals surface area (Å²) >= 11 is 0. The van der Waals surface area contributed by atoms with Crippen molar-refractivity contribution in [1.82, 2.24) is 25.1 Å². The lowest BCUT2D eigenvalue weighted by atomic mass is 9.79. The normalized spacial score (nSPS) is 24.7. The molecule has 2 aromatic heterocycles. The molecule has 0 unspecified atom stereocenters. The van der Waals surface area contributed by atoms with Crippen LogP contribution in [0.3, 0.4) is 0 Å². The quantitative estimate of drug-likeness (QED) is 0.355. The molecule has 4 heterocycles. The zero-order chi connectivity index (χ0) is 29.6. The number of hydrogen-bond acceptors (Lipinski definition) is 5. The van der Waals surface area contributed by atoms with Crippen molar-refractivity contribution in [3.8, 4) is 0 Å². The number of pyridine rings is 1. The van der Waals surface area contributed by atoms with Crippen LogP contribution in [0.1, 0.15) is 75.5 Å². The van der Waals surface area contributed by atoms with Crippen molar-refractivity contribution >= 4 is 17.6 Å². The highest BCUT2D eigenvalue weighted by molar-refractivity contribution is 6.06. The maximum absolute atomic E-state index is 14.1. The van der Waals surface area contributed by atoms with Gasteiger partial charge in [0.05, 0.1) is 11.5 Å². The molecule has 2 aromatic carbocycles. The average molecular weight is 585 g/mol. The van der Waals surface area contributed by atoms with Crippen molar-refractivity contribution in [2.75, 3.05) is 5.32 Å². The lowest BCUT2D eigenvalue weighted by molar-refractivity contribution is -0.163. The number of carbonyl (C=O) groups excluding carboxylic acids is 2. The van der Waals surface area contributed by atoms with E-state index >= 15 is 0 Å². The molecule has 11 heteroatoms. The molecule has 4 aromatic rings. The summed E-state index contributed by atoms with van der Waals surface area (Å²) in [6.45, 7) is 0.311. The minimum Gasteiger partial charge on any atom is -0.342 e. The second kappa shape index (κ2) is 8.98. The Morgan fingerprint density at radius 3 is 2.56 bits per heavy atom. The highest BCUT2D eigenvalue weighted by atomic mass is 19.4. The SMILES string of the molecule is O=C(N[C@H]1C[C@@H](c2ccccc2)Cn2c1nnc2C1(C(F)(F)F)CC1)c1ccc2c(c1)C[C@@]1(C2)C(=O)Nc2ncccc21. The summed E-state index contributed by atoms with van der Waals surface area (Å²) in [5, 5.41) is 14.2. The van der Waals surface area contributed by atoms with E-state index in [9.17, 15) is 22.8 Å². The van der Waals surface area contributed by atoms with Gasteiger partial charge in [0.2, 0.25) is 5.91 Å². The summed E-state index contributed by atoms with van der Waals surface area (Å²) in [5.41, 5.74) is 1.44. The molecule has 2 amide bonds. The number of alkyl halides is 3. The van der Waals surface area contributed by atoms with E-state index in [2.05, 4.69) is 25.8 Å². The number of carbonyl (C=O) groups is 2. The Hall–Kier alpha value is -4.54. The molecule has 1 saturated carbocycles. The van der Waals surface area contributed by atoms with E-state index in [0.717, 1.165) is 22.3 Å². The summed E-state index contributed by atoms with van der Waals surface area (Å²) in [6, 6.07) is 18.2. The van der Waals surface area contributed by atoms with Crippen molar-refractivity contribution in [2.45, 2.75) is 67.6 Å². The first-order chi connectivity index (χ1) is 20.7. The molecule has 3 atom stereocenters. The highest BCUT2D eigenvalue weighted by Crippen LogP contribution is 2.59. The smallest absolute Gasteiger partial charge is 0.342 e. The number of rotatable bonds is 4. The lowest BCUT2D eigenvalue weighted by Gasteiger charge is -2.32. The molecule has 0 radical (unpaired) electrons. The van der Waals surface area contributed by atoms with Crippen LogP contribution >= 0.6 is 0 Å². The molecule has 4 aliphatic rings. The van der Waals surface area contributed by atoms with Crippen molar-refractivity contribution in [3.05, 3.63) is 106 Å². The van der Waals surface area contributed by atoms with Crippen molar-refractivity contribution in [3.63, 3.8) is 0 Å². The number of anilines is 1. The second-order valence-corrected chi connectivity index (χ2v) is 12.2. The zero-order valence-corrected chi connectivity index (χ0v) is 23.0. The fourth-order valence-corrected chi connectivity index (χ4v) is 7.29. The van der Waals surface area contributed by atoms with E-state index in [-0.39, 0.29) is 36.4 Å². The van der Waals surface area contributed by atoms with Gasteiger partial charge in [-0.25, -0.2) is 4.98 Å². The van der Waals surface area contributed by atoms with Gasteiger partial charge in [0.15, 0.2) is 5.82 Å². The van der Waals surface area contributed by atoms with Crippen LogP contribution in [0, 0.1) is 0 Å². The number of hydrogen-bond donors (Lipinski definition) is 2. The first-order valence-corrected chi connectivity index (χ1v) is 14.4. The van der Waals surface area contributed by atoms with E-state index < -0.39 is 23.0 Å². The van der Waals surface area contributed by atoms with E-state index in [0.29, 0.717) is 43.0 Å². The van der Waals surface area contributed by atoms with Crippen LogP contribution in [-0.4, -0.2) is 37.7 Å². The van der Waals surface area contributed by atoms with E-state index in [1.165, 1.54) is 0 Å². The number of nitrogens with one attached hydrogen (secondary N) is 2. The van der Waals surface area contributed by atoms with Gasteiger partial charge in [-0.05, 0) is 67.0 Å². The van der Waals surface area contributed by atoms with Crippen LogP contribution in [0.25, 0.3) is 0 Å².